The molecule has 0 aromatic carbocycles. The quantitative estimate of drug-likeness (QED) is 0.881. The number of amides is 1. The van der Waals surface area contributed by atoms with E-state index in [0.29, 0.717) is 6.54 Å². The molecule has 14 heavy (non-hydrogen) atoms. The monoisotopic (exact) mass is 258 g/mol. The van der Waals surface area contributed by atoms with Gasteiger partial charge in [-0.05, 0) is 28.1 Å². The number of ether oxygens (including phenoxy) is 1. The first-order chi connectivity index (χ1) is 6.72. The molecule has 0 saturated carbocycles. The van der Waals surface area contributed by atoms with E-state index >= 15 is 0 Å². The summed E-state index contributed by atoms with van der Waals surface area (Å²) < 4.78 is 5.59. The summed E-state index contributed by atoms with van der Waals surface area (Å²) in [7, 11) is 1.48. The molecule has 76 valence electrons. The highest BCUT2D eigenvalue weighted by Crippen LogP contribution is 2.06. The van der Waals surface area contributed by atoms with Crippen molar-refractivity contribution >= 4 is 21.8 Å². The van der Waals surface area contributed by atoms with Crippen LogP contribution in [0.25, 0.3) is 0 Å². The lowest BCUT2D eigenvalue weighted by atomic mass is 10.3. The Bertz CT molecular complexity index is 300. The van der Waals surface area contributed by atoms with E-state index in [-0.39, 0.29) is 12.5 Å². The Morgan fingerprint density at radius 1 is 1.64 bits per heavy atom. The zero-order chi connectivity index (χ0) is 10.4. The third-order valence-corrected chi connectivity index (χ3v) is 2.00. The maximum absolute atomic E-state index is 11.0. The molecule has 4 nitrogen and oxygen atoms in total. The molecule has 0 atom stereocenters. The first-order valence-electron chi connectivity index (χ1n) is 4.08. The number of aromatic nitrogens is 1. The number of methoxy groups -OCH3 is 1. The largest absolute Gasteiger partial charge is 0.375 e. The molecule has 1 N–H and O–H groups in total. The van der Waals surface area contributed by atoms with Gasteiger partial charge in [0.25, 0.3) is 0 Å². The van der Waals surface area contributed by atoms with Gasteiger partial charge in [-0.3, -0.25) is 9.78 Å². The predicted octanol–water partition coefficient (Wildman–Crippen LogP) is 1.11. The van der Waals surface area contributed by atoms with Crippen molar-refractivity contribution in [2.45, 2.75) is 6.54 Å². The summed E-state index contributed by atoms with van der Waals surface area (Å²) in [6.45, 7) is 0.506. The number of carbonyl (C=O) groups excluding carboxylic acids is 1. The van der Waals surface area contributed by atoms with Crippen LogP contribution in [0, 0.1) is 0 Å². The minimum Gasteiger partial charge on any atom is -0.375 e. The molecule has 0 saturated heterocycles. The van der Waals surface area contributed by atoms with Gasteiger partial charge in [0.05, 0.1) is 12.2 Å². The molecule has 0 aliphatic heterocycles. The molecular weight excluding hydrogens is 248 g/mol. The molecule has 0 spiro atoms. The Balaban J connectivity index is 2.38. The number of nitrogens with zero attached hydrogens (tertiary/aromatic N) is 1. The molecule has 1 aromatic rings. The van der Waals surface area contributed by atoms with Crippen LogP contribution in [0.15, 0.2) is 22.8 Å². The normalized spacial score (nSPS) is 9.86. The summed E-state index contributed by atoms with van der Waals surface area (Å²) in [5.41, 5.74) is 0.817. The molecule has 0 radical (unpaired) electrons. The molecule has 0 aliphatic rings. The van der Waals surface area contributed by atoms with Gasteiger partial charge >= 0.3 is 0 Å². The third kappa shape index (κ3) is 3.85. The molecule has 0 fully saturated rings. The van der Waals surface area contributed by atoms with E-state index in [9.17, 15) is 4.79 Å². The summed E-state index contributed by atoms with van der Waals surface area (Å²) in [6, 6.07) is 3.72. The van der Waals surface area contributed by atoms with Crippen molar-refractivity contribution in [2.75, 3.05) is 13.7 Å². The second kappa shape index (κ2) is 5.72. The first kappa shape index (κ1) is 11.1. The summed E-state index contributed by atoms with van der Waals surface area (Å²) in [6.07, 6.45) is 1.69. The molecule has 0 aliphatic carbocycles. The van der Waals surface area contributed by atoms with Crippen LogP contribution in [0.5, 0.6) is 0 Å². The zero-order valence-electron chi connectivity index (χ0n) is 7.79. The highest BCUT2D eigenvalue weighted by atomic mass is 79.9. The van der Waals surface area contributed by atoms with E-state index in [0.717, 1.165) is 10.2 Å². The van der Waals surface area contributed by atoms with Crippen molar-refractivity contribution < 1.29 is 9.53 Å². The smallest absolute Gasteiger partial charge is 0.246 e. The maximum Gasteiger partial charge on any atom is 0.246 e. The number of nitrogens with one attached hydrogen (secondary N) is 1. The Morgan fingerprint density at radius 2 is 2.43 bits per heavy atom. The lowest BCUT2D eigenvalue weighted by Crippen LogP contribution is -2.26. The molecule has 1 rings (SSSR count). The van der Waals surface area contributed by atoms with Crippen LogP contribution < -0.4 is 5.32 Å². The molecular formula is C9H11BrN2O2. The maximum atomic E-state index is 11.0. The summed E-state index contributed by atoms with van der Waals surface area (Å²) in [5, 5.41) is 2.68. The van der Waals surface area contributed by atoms with E-state index in [4.69, 9.17) is 0 Å². The number of pyridine rings is 1. The average molecular weight is 259 g/mol. The van der Waals surface area contributed by atoms with Gasteiger partial charge in [-0.1, -0.05) is 0 Å². The minimum absolute atomic E-state index is 0.0799. The van der Waals surface area contributed by atoms with Gasteiger partial charge in [-0.15, -0.1) is 0 Å². The van der Waals surface area contributed by atoms with E-state index in [1.807, 2.05) is 12.1 Å². The lowest BCUT2D eigenvalue weighted by molar-refractivity contribution is -0.124. The van der Waals surface area contributed by atoms with E-state index < -0.39 is 0 Å². The number of rotatable bonds is 4. The predicted molar refractivity (Wildman–Crippen MR) is 55.7 cm³/mol. The van der Waals surface area contributed by atoms with Crippen molar-refractivity contribution in [1.82, 2.24) is 10.3 Å². The van der Waals surface area contributed by atoms with Gasteiger partial charge < -0.3 is 10.1 Å². The van der Waals surface area contributed by atoms with Crippen LogP contribution in [0.2, 0.25) is 0 Å². The second-order valence-corrected chi connectivity index (χ2v) is 3.59. The second-order valence-electron chi connectivity index (χ2n) is 2.68. The molecule has 5 heteroatoms. The van der Waals surface area contributed by atoms with Gasteiger partial charge in [0.1, 0.15) is 6.61 Å². The first-order valence-corrected chi connectivity index (χ1v) is 4.87. The molecule has 0 unspecified atom stereocenters. The molecule has 1 heterocycles. The number of hydrogen-bond donors (Lipinski definition) is 1. The number of carbonyl (C=O) groups is 1. The highest BCUT2D eigenvalue weighted by molar-refractivity contribution is 9.10. The topological polar surface area (TPSA) is 51.2 Å². The summed E-state index contributed by atoms with van der Waals surface area (Å²) in [5.74, 6) is -0.141. The van der Waals surface area contributed by atoms with Crippen molar-refractivity contribution in [3.8, 4) is 0 Å². The van der Waals surface area contributed by atoms with Crippen LogP contribution in [0.3, 0.4) is 0 Å². The zero-order valence-corrected chi connectivity index (χ0v) is 9.37. The Kier molecular flexibility index (Phi) is 4.55. The standard InChI is InChI=1S/C9H11BrN2O2/c1-14-6-9(13)12-5-8-3-2-7(10)4-11-8/h2-4H,5-6H2,1H3,(H,12,13). The van der Waals surface area contributed by atoms with Crippen LogP contribution >= 0.6 is 15.9 Å². The number of hydrogen-bond acceptors (Lipinski definition) is 3. The van der Waals surface area contributed by atoms with Crippen molar-refractivity contribution in [3.63, 3.8) is 0 Å². The number of halogens is 1. The fourth-order valence-corrected chi connectivity index (χ4v) is 1.12. The fraction of sp³-hybridized carbons (Fsp3) is 0.333. The van der Waals surface area contributed by atoms with E-state index in [2.05, 4.69) is 31.0 Å². The van der Waals surface area contributed by atoms with Gasteiger partial charge in [0.15, 0.2) is 0 Å². The molecule has 0 bridgehead atoms. The van der Waals surface area contributed by atoms with E-state index in [1.54, 1.807) is 6.20 Å². The van der Waals surface area contributed by atoms with Crippen LogP contribution in [0.4, 0.5) is 0 Å². The van der Waals surface area contributed by atoms with Gasteiger partial charge in [0.2, 0.25) is 5.91 Å². The summed E-state index contributed by atoms with van der Waals surface area (Å²) in [4.78, 5) is 15.1. The SMILES string of the molecule is COCC(=O)NCc1ccc(Br)cn1. The Hall–Kier alpha value is -0.940. The molecule has 1 aromatic heterocycles. The van der Waals surface area contributed by atoms with Crippen molar-refractivity contribution in [2.24, 2.45) is 0 Å². The third-order valence-electron chi connectivity index (χ3n) is 1.53. The van der Waals surface area contributed by atoms with Gasteiger partial charge in [-0.2, -0.15) is 0 Å². The van der Waals surface area contributed by atoms with Crippen molar-refractivity contribution in [1.29, 1.82) is 0 Å². The molecule has 1 amide bonds. The van der Waals surface area contributed by atoms with Gasteiger partial charge in [-0.25, -0.2) is 0 Å². The Labute approximate surface area is 90.8 Å². The fourth-order valence-electron chi connectivity index (χ4n) is 0.882. The van der Waals surface area contributed by atoms with Crippen molar-refractivity contribution in [3.05, 3.63) is 28.5 Å². The van der Waals surface area contributed by atoms with Crippen LogP contribution in [-0.2, 0) is 16.1 Å². The highest BCUT2D eigenvalue weighted by Gasteiger charge is 2.00. The van der Waals surface area contributed by atoms with E-state index in [1.165, 1.54) is 7.11 Å². The van der Waals surface area contributed by atoms with Crippen LogP contribution in [0.1, 0.15) is 5.69 Å². The van der Waals surface area contributed by atoms with Gasteiger partial charge in [0, 0.05) is 17.8 Å². The lowest BCUT2D eigenvalue weighted by Gasteiger charge is -2.03. The minimum atomic E-state index is -0.141. The van der Waals surface area contributed by atoms with Crippen LogP contribution in [-0.4, -0.2) is 24.6 Å². The Morgan fingerprint density at radius 3 is 3.00 bits per heavy atom. The average Bonchev–Trinajstić information content (AvgIpc) is 2.17. The summed E-state index contributed by atoms with van der Waals surface area (Å²) >= 11 is 3.28.